The van der Waals surface area contributed by atoms with Crippen molar-refractivity contribution in [2.24, 2.45) is 0 Å². The van der Waals surface area contributed by atoms with Crippen LogP contribution >= 0.6 is 0 Å². The van der Waals surface area contributed by atoms with Crippen molar-refractivity contribution in [1.29, 1.82) is 0 Å². The lowest BCUT2D eigenvalue weighted by Gasteiger charge is -2.10. The summed E-state index contributed by atoms with van der Waals surface area (Å²) in [5, 5.41) is 7.46. The Labute approximate surface area is 122 Å². The Kier molecular flexibility index (Phi) is 6.58. The summed E-state index contributed by atoms with van der Waals surface area (Å²) in [4.78, 5) is 22.7. The van der Waals surface area contributed by atoms with Gasteiger partial charge in [-0.05, 0) is 18.6 Å². The van der Waals surface area contributed by atoms with Crippen LogP contribution in [0.15, 0.2) is 12.1 Å². The molecule has 0 fully saturated rings. The Morgan fingerprint density at radius 3 is 2.29 bits per heavy atom. The minimum Gasteiger partial charge on any atom is -0.380 e. The fraction of sp³-hybridized carbons (Fsp3) is 0.429. The van der Waals surface area contributed by atoms with E-state index in [1.54, 1.807) is 0 Å². The summed E-state index contributed by atoms with van der Waals surface area (Å²) >= 11 is 0. The summed E-state index contributed by atoms with van der Waals surface area (Å²) < 4.78 is 27.5. The minimum atomic E-state index is -0.820. The third-order valence-corrected chi connectivity index (χ3v) is 2.77. The number of anilines is 1. The number of halogens is 2. The standard InChI is InChI=1S/C14H19F2N3O2/c1-3-5-18-13-10(15)7-9(8-11(13)16)14(21)19-6-4-12(20)17-2/h7-8,18H,3-6H2,1-2H3,(H,17,20)(H,19,21). The van der Waals surface area contributed by atoms with Gasteiger partial charge in [0.05, 0.1) is 0 Å². The molecule has 0 saturated carbocycles. The van der Waals surface area contributed by atoms with Crippen molar-refractivity contribution in [2.45, 2.75) is 19.8 Å². The van der Waals surface area contributed by atoms with Gasteiger partial charge < -0.3 is 16.0 Å². The van der Waals surface area contributed by atoms with Gasteiger partial charge >= 0.3 is 0 Å². The van der Waals surface area contributed by atoms with Crippen molar-refractivity contribution in [1.82, 2.24) is 10.6 Å². The molecule has 0 bridgehead atoms. The second-order valence-electron chi connectivity index (χ2n) is 4.42. The fourth-order valence-corrected chi connectivity index (χ4v) is 1.64. The first-order chi connectivity index (χ1) is 9.99. The number of carbonyl (C=O) groups excluding carboxylic acids is 2. The van der Waals surface area contributed by atoms with Gasteiger partial charge in [0.15, 0.2) is 0 Å². The predicted octanol–water partition coefficient (Wildman–Crippen LogP) is 1.65. The molecule has 21 heavy (non-hydrogen) atoms. The van der Waals surface area contributed by atoms with Gasteiger partial charge in [-0.25, -0.2) is 8.78 Å². The highest BCUT2D eigenvalue weighted by Gasteiger charge is 2.14. The summed E-state index contributed by atoms with van der Waals surface area (Å²) in [6.45, 7) is 2.40. The summed E-state index contributed by atoms with van der Waals surface area (Å²) in [6.07, 6.45) is 0.823. The van der Waals surface area contributed by atoms with Crippen LogP contribution in [0.3, 0.4) is 0 Å². The molecular formula is C14H19F2N3O2. The number of nitrogens with one attached hydrogen (secondary N) is 3. The quantitative estimate of drug-likeness (QED) is 0.717. The van der Waals surface area contributed by atoms with Gasteiger partial charge in [-0.1, -0.05) is 6.92 Å². The first kappa shape index (κ1) is 16.9. The number of amides is 2. The van der Waals surface area contributed by atoms with Crippen LogP contribution in [-0.4, -0.2) is 32.0 Å². The van der Waals surface area contributed by atoms with Crippen LogP contribution < -0.4 is 16.0 Å². The van der Waals surface area contributed by atoms with Crippen LogP contribution in [0.2, 0.25) is 0 Å². The largest absolute Gasteiger partial charge is 0.380 e. The molecule has 7 heteroatoms. The molecule has 0 aliphatic heterocycles. The Hall–Kier alpha value is -2.18. The summed E-state index contributed by atoms with van der Waals surface area (Å²) in [5.74, 6) is -2.50. The molecule has 0 heterocycles. The molecule has 0 aliphatic rings. The fourth-order valence-electron chi connectivity index (χ4n) is 1.64. The topological polar surface area (TPSA) is 70.2 Å². The summed E-state index contributed by atoms with van der Waals surface area (Å²) in [7, 11) is 1.48. The van der Waals surface area contributed by atoms with Gasteiger partial charge in [0.1, 0.15) is 17.3 Å². The van der Waals surface area contributed by atoms with Crippen molar-refractivity contribution in [3.8, 4) is 0 Å². The maximum atomic E-state index is 13.8. The second kappa shape index (κ2) is 8.18. The van der Waals surface area contributed by atoms with E-state index >= 15 is 0 Å². The molecule has 3 N–H and O–H groups in total. The van der Waals surface area contributed by atoms with E-state index in [9.17, 15) is 18.4 Å². The van der Waals surface area contributed by atoms with E-state index in [2.05, 4.69) is 16.0 Å². The van der Waals surface area contributed by atoms with E-state index in [4.69, 9.17) is 0 Å². The third-order valence-electron chi connectivity index (χ3n) is 2.77. The van der Waals surface area contributed by atoms with Gasteiger partial charge in [-0.3, -0.25) is 9.59 Å². The van der Waals surface area contributed by atoms with E-state index in [1.165, 1.54) is 7.05 Å². The molecule has 116 valence electrons. The average Bonchev–Trinajstić information content (AvgIpc) is 2.45. The maximum absolute atomic E-state index is 13.8. The molecule has 0 aliphatic carbocycles. The van der Waals surface area contributed by atoms with E-state index in [-0.39, 0.29) is 30.1 Å². The second-order valence-corrected chi connectivity index (χ2v) is 4.42. The molecule has 0 radical (unpaired) electrons. The first-order valence-electron chi connectivity index (χ1n) is 6.71. The zero-order valence-electron chi connectivity index (χ0n) is 12.1. The molecule has 2 amide bonds. The van der Waals surface area contributed by atoms with Gasteiger partial charge in [0, 0.05) is 32.1 Å². The maximum Gasteiger partial charge on any atom is 0.251 e. The first-order valence-corrected chi connectivity index (χ1v) is 6.71. The number of benzene rings is 1. The SMILES string of the molecule is CCCNc1c(F)cc(C(=O)NCCC(=O)NC)cc1F. The Bertz CT molecular complexity index is 498. The molecule has 0 saturated heterocycles. The lowest BCUT2D eigenvalue weighted by molar-refractivity contribution is -0.120. The molecule has 0 atom stereocenters. The Morgan fingerprint density at radius 2 is 1.76 bits per heavy atom. The molecule has 1 aromatic carbocycles. The number of carbonyl (C=O) groups is 2. The monoisotopic (exact) mass is 299 g/mol. The number of hydrogen-bond acceptors (Lipinski definition) is 3. The minimum absolute atomic E-state index is 0.0948. The van der Waals surface area contributed by atoms with Crippen LogP contribution in [-0.2, 0) is 4.79 Å². The number of rotatable bonds is 7. The summed E-state index contributed by atoms with van der Waals surface area (Å²) in [6, 6.07) is 1.94. The van der Waals surface area contributed by atoms with Gasteiger partial charge in [0.25, 0.3) is 5.91 Å². The molecule has 5 nitrogen and oxygen atoms in total. The smallest absolute Gasteiger partial charge is 0.251 e. The Morgan fingerprint density at radius 1 is 1.14 bits per heavy atom. The summed E-state index contributed by atoms with van der Waals surface area (Å²) in [5.41, 5.74) is -0.359. The lowest BCUT2D eigenvalue weighted by Crippen LogP contribution is -2.29. The molecule has 1 aromatic rings. The molecule has 0 aromatic heterocycles. The zero-order valence-corrected chi connectivity index (χ0v) is 12.1. The van der Waals surface area contributed by atoms with Crippen molar-refractivity contribution < 1.29 is 18.4 Å². The van der Waals surface area contributed by atoms with Crippen molar-refractivity contribution in [3.63, 3.8) is 0 Å². The highest BCUT2D eigenvalue weighted by Crippen LogP contribution is 2.20. The van der Waals surface area contributed by atoms with E-state index < -0.39 is 17.5 Å². The molecule has 0 spiro atoms. The Balaban J connectivity index is 2.71. The van der Waals surface area contributed by atoms with Crippen molar-refractivity contribution >= 4 is 17.5 Å². The zero-order chi connectivity index (χ0) is 15.8. The van der Waals surface area contributed by atoms with Gasteiger partial charge in [0.2, 0.25) is 5.91 Å². The van der Waals surface area contributed by atoms with Crippen molar-refractivity contribution in [2.75, 3.05) is 25.5 Å². The normalized spacial score (nSPS) is 10.1. The molecule has 1 rings (SSSR count). The predicted molar refractivity (Wildman–Crippen MR) is 76.2 cm³/mol. The van der Waals surface area contributed by atoms with Crippen LogP contribution in [0.4, 0.5) is 14.5 Å². The highest BCUT2D eigenvalue weighted by molar-refractivity contribution is 5.94. The lowest BCUT2D eigenvalue weighted by atomic mass is 10.1. The van der Waals surface area contributed by atoms with Crippen LogP contribution in [0.25, 0.3) is 0 Å². The average molecular weight is 299 g/mol. The van der Waals surface area contributed by atoms with Crippen LogP contribution in [0, 0.1) is 11.6 Å². The van der Waals surface area contributed by atoms with Crippen LogP contribution in [0.5, 0.6) is 0 Å². The van der Waals surface area contributed by atoms with Crippen LogP contribution in [0.1, 0.15) is 30.1 Å². The molecular weight excluding hydrogens is 280 g/mol. The number of hydrogen-bond donors (Lipinski definition) is 3. The van der Waals surface area contributed by atoms with E-state index in [1.807, 2.05) is 6.92 Å². The molecule has 0 unspecified atom stereocenters. The van der Waals surface area contributed by atoms with E-state index in [0.29, 0.717) is 6.54 Å². The third kappa shape index (κ3) is 5.02. The van der Waals surface area contributed by atoms with Crippen molar-refractivity contribution in [3.05, 3.63) is 29.3 Å². The van der Waals surface area contributed by atoms with Gasteiger partial charge in [-0.15, -0.1) is 0 Å². The van der Waals surface area contributed by atoms with E-state index in [0.717, 1.165) is 18.6 Å². The highest BCUT2D eigenvalue weighted by atomic mass is 19.1. The van der Waals surface area contributed by atoms with Gasteiger partial charge in [-0.2, -0.15) is 0 Å².